The molecule has 1 aromatic rings. The van der Waals surface area contributed by atoms with Gasteiger partial charge < -0.3 is 9.26 Å². The minimum atomic E-state index is -0.0914. The summed E-state index contributed by atoms with van der Waals surface area (Å²) in [5, 5.41) is 4.09. The van der Waals surface area contributed by atoms with Crippen LogP contribution in [0.2, 0.25) is 0 Å². The molecule has 100 valence electrons. The van der Waals surface area contributed by atoms with Crippen molar-refractivity contribution in [2.75, 3.05) is 19.7 Å². The van der Waals surface area contributed by atoms with E-state index in [9.17, 15) is 0 Å². The third kappa shape index (κ3) is 2.42. The number of hydrogen-bond acceptors (Lipinski definition) is 5. The van der Waals surface area contributed by atoms with E-state index in [0.717, 1.165) is 31.4 Å². The van der Waals surface area contributed by atoms with Gasteiger partial charge in [-0.05, 0) is 33.6 Å². The molecule has 0 N–H and O–H groups in total. The van der Waals surface area contributed by atoms with Gasteiger partial charge in [0.1, 0.15) is 0 Å². The molecule has 1 saturated carbocycles. The van der Waals surface area contributed by atoms with Crippen molar-refractivity contribution in [3.05, 3.63) is 11.7 Å². The Morgan fingerprint density at radius 1 is 1.39 bits per heavy atom. The molecule has 0 radical (unpaired) electrons. The van der Waals surface area contributed by atoms with Gasteiger partial charge in [0.25, 0.3) is 0 Å². The van der Waals surface area contributed by atoms with E-state index in [1.807, 2.05) is 0 Å². The van der Waals surface area contributed by atoms with Gasteiger partial charge in [-0.2, -0.15) is 4.98 Å². The van der Waals surface area contributed by atoms with Crippen LogP contribution in [0.5, 0.6) is 0 Å². The van der Waals surface area contributed by atoms with Crippen LogP contribution in [0.15, 0.2) is 4.52 Å². The Morgan fingerprint density at radius 3 is 2.83 bits per heavy atom. The van der Waals surface area contributed by atoms with Crippen molar-refractivity contribution in [1.29, 1.82) is 0 Å². The van der Waals surface area contributed by atoms with Crippen LogP contribution in [-0.2, 0) is 4.74 Å². The minimum absolute atomic E-state index is 0.0914. The molecule has 1 aromatic heterocycles. The van der Waals surface area contributed by atoms with Crippen LogP contribution in [0.3, 0.4) is 0 Å². The Hall–Kier alpha value is -0.940. The van der Waals surface area contributed by atoms with Crippen LogP contribution < -0.4 is 0 Å². The van der Waals surface area contributed by atoms with E-state index in [1.165, 1.54) is 12.8 Å². The van der Waals surface area contributed by atoms with Gasteiger partial charge >= 0.3 is 0 Å². The van der Waals surface area contributed by atoms with E-state index in [0.29, 0.717) is 5.92 Å². The van der Waals surface area contributed by atoms with E-state index in [1.54, 1.807) is 0 Å². The lowest BCUT2D eigenvalue weighted by atomic mass is 10.1. The van der Waals surface area contributed by atoms with Crippen molar-refractivity contribution in [3.8, 4) is 0 Å². The molecule has 1 aliphatic carbocycles. The highest BCUT2D eigenvalue weighted by Gasteiger charge is 2.34. The smallest absolute Gasteiger partial charge is 0.243 e. The largest absolute Gasteiger partial charge is 0.373 e. The molecule has 0 amide bonds. The molecular weight excluding hydrogens is 230 g/mol. The topological polar surface area (TPSA) is 51.4 Å². The zero-order valence-electron chi connectivity index (χ0n) is 11.3. The Labute approximate surface area is 107 Å². The van der Waals surface area contributed by atoms with Crippen molar-refractivity contribution >= 4 is 0 Å². The summed E-state index contributed by atoms with van der Waals surface area (Å²) in [6.07, 6.45) is 2.41. The Bertz CT molecular complexity index is 426. The van der Waals surface area contributed by atoms with E-state index >= 15 is 0 Å². The Morgan fingerprint density at radius 2 is 2.17 bits per heavy atom. The third-order valence-corrected chi connectivity index (χ3v) is 3.76. The summed E-state index contributed by atoms with van der Waals surface area (Å²) in [5.74, 6) is 2.19. The summed E-state index contributed by atoms with van der Waals surface area (Å²) in [5.41, 5.74) is -0.0914. The molecule has 3 rings (SSSR count). The van der Waals surface area contributed by atoms with Crippen molar-refractivity contribution in [2.45, 2.75) is 51.2 Å². The number of nitrogens with zero attached hydrogens (tertiary/aromatic N) is 3. The number of morpholine rings is 1. The molecule has 2 fully saturated rings. The van der Waals surface area contributed by atoms with Crippen molar-refractivity contribution in [2.24, 2.45) is 0 Å². The first-order chi connectivity index (χ1) is 8.55. The van der Waals surface area contributed by atoms with Gasteiger partial charge in [0.2, 0.25) is 5.89 Å². The van der Waals surface area contributed by atoms with Gasteiger partial charge in [-0.15, -0.1) is 0 Å². The number of ether oxygens (including phenoxy) is 1. The predicted octanol–water partition coefficient (Wildman–Crippen LogP) is 2.12. The van der Waals surface area contributed by atoms with Gasteiger partial charge in [-0.1, -0.05) is 5.16 Å². The van der Waals surface area contributed by atoms with Crippen molar-refractivity contribution < 1.29 is 9.26 Å². The Kier molecular flexibility index (Phi) is 2.90. The fourth-order valence-electron chi connectivity index (χ4n) is 2.46. The van der Waals surface area contributed by atoms with Gasteiger partial charge in [-0.25, -0.2) is 0 Å². The maximum absolute atomic E-state index is 5.73. The summed E-state index contributed by atoms with van der Waals surface area (Å²) in [6.45, 7) is 8.96. The fraction of sp³-hybridized carbons (Fsp3) is 0.846. The zero-order valence-corrected chi connectivity index (χ0v) is 11.3. The molecule has 5 nitrogen and oxygen atoms in total. The molecule has 5 heteroatoms. The monoisotopic (exact) mass is 251 g/mol. The highest BCUT2D eigenvalue weighted by molar-refractivity contribution is 5.05. The molecule has 18 heavy (non-hydrogen) atoms. The summed E-state index contributed by atoms with van der Waals surface area (Å²) < 4.78 is 11.1. The number of aromatic nitrogens is 2. The molecule has 1 aliphatic heterocycles. The van der Waals surface area contributed by atoms with Crippen LogP contribution in [0.4, 0.5) is 0 Å². The molecule has 0 bridgehead atoms. The molecule has 0 aromatic carbocycles. The summed E-state index contributed by atoms with van der Waals surface area (Å²) in [6, 6.07) is 0.174. The SMILES string of the molecule is CC(c1nc(C2CC2)no1)N1CCOC(C)(C)C1. The lowest BCUT2D eigenvalue weighted by Gasteiger charge is -2.40. The molecule has 1 atom stereocenters. The molecule has 0 spiro atoms. The normalized spacial score (nSPS) is 26.2. The zero-order chi connectivity index (χ0) is 12.8. The quantitative estimate of drug-likeness (QED) is 0.823. The van der Waals surface area contributed by atoms with Crippen molar-refractivity contribution in [1.82, 2.24) is 15.0 Å². The third-order valence-electron chi connectivity index (χ3n) is 3.76. The van der Waals surface area contributed by atoms with Crippen LogP contribution in [0, 0.1) is 0 Å². The van der Waals surface area contributed by atoms with Gasteiger partial charge in [-0.3, -0.25) is 4.90 Å². The standard InChI is InChI=1S/C13H21N3O2/c1-9(16-6-7-17-13(2,3)8-16)12-14-11(15-18-12)10-4-5-10/h9-10H,4-8H2,1-3H3. The first-order valence-corrected chi connectivity index (χ1v) is 6.77. The van der Waals surface area contributed by atoms with Gasteiger partial charge in [0.05, 0.1) is 18.2 Å². The highest BCUT2D eigenvalue weighted by Crippen LogP contribution is 2.38. The number of hydrogen-bond donors (Lipinski definition) is 0. The van der Waals surface area contributed by atoms with Crippen LogP contribution >= 0.6 is 0 Å². The maximum atomic E-state index is 5.73. The fourth-order valence-corrected chi connectivity index (χ4v) is 2.46. The van der Waals surface area contributed by atoms with Crippen LogP contribution in [0.1, 0.15) is 57.3 Å². The summed E-state index contributed by atoms with van der Waals surface area (Å²) in [4.78, 5) is 6.89. The van der Waals surface area contributed by atoms with Gasteiger partial charge in [0.15, 0.2) is 5.82 Å². The van der Waals surface area contributed by atoms with E-state index in [4.69, 9.17) is 9.26 Å². The van der Waals surface area contributed by atoms with Gasteiger partial charge in [0, 0.05) is 19.0 Å². The maximum Gasteiger partial charge on any atom is 0.243 e. The van der Waals surface area contributed by atoms with E-state index in [-0.39, 0.29) is 11.6 Å². The second-order valence-corrected chi connectivity index (χ2v) is 6.02. The second kappa shape index (κ2) is 4.31. The predicted molar refractivity (Wildman–Crippen MR) is 66.3 cm³/mol. The lowest BCUT2D eigenvalue weighted by molar-refractivity contribution is -0.0983. The first-order valence-electron chi connectivity index (χ1n) is 6.77. The van der Waals surface area contributed by atoms with E-state index < -0.39 is 0 Å². The minimum Gasteiger partial charge on any atom is -0.373 e. The Balaban J connectivity index is 1.70. The molecule has 1 saturated heterocycles. The molecular formula is C13H21N3O2. The molecule has 1 unspecified atom stereocenters. The average molecular weight is 251 g/mol. The molecule has 2 aliphatic rings. The van der Waals surface area contributed by atoms with E-state index in [2.05, 4.69) is 35.8 Å². The average Bonchev–Trinajstić information content (AvgIpc) is 3.05. The van der Waals surface area contributed by atoms with Crippen LogP contribution in [0.25, 0.3) is 0 Å². The lowest BCUT2D eigenvalue weighted by Crippen LogP contribution is -2.49. The van der Waals surface area contributed by atoms with Crippen LogP contribution in [-0.4, -0.2) is 40.3 Å². The summed E-state index contributed by atoms with van der Waals surface area (Å²) >= 11 is 0. The summed E-state index contributed by atoms with van der Waals surface area (Å²) in [7, 11) is 0. The van der Waals surface area contributed by atoms with Crippen molar-refractivity contribution in [3.63, 3.8) is 0 Å². The number of rotatable bonds is 3. The molecule has 2 heterocycles. The highest BCUT2D eigenvalue weighted by atomic mass is 16.5. The first kappa shape index (κ1) is 12.1. The second-order valence-electron chi connectivity index (χ2n) is 6.02.